The summed E-state index contributed by atoms with van der Waals surface area (Å²) in [5.74, 6) is 0.369. The van der Waals surface area contributed by atoms with Crippen LogP contribution < -0.4 is 0 Å². The van der Waals surface area contributed by atoms with E-state index in [9.17, 15) is 5.11 Å². The van der Waals surface area contributed by atoms with E-state index in [1.165, 1.54) is 0 Å². The Morgan fingerprint density at radius 3 is 3.00 bits per heavy atom. The van der Waals surface area contributed by atoms with E-state index in [2.05, 4.69) is 17.6 Å². The molecule has 1 aromatic heterocycles. The molecule has 1 N–H and O–H groups in total. The van der Waals surface area contributed by atoms with Gasteiger partial charge in [-0.3, -0.25) is 0 Å². The molecule has 2 heteroatoms. The Hall–Kier alpha value is -1.44. The predicted molar refractivity (Wildman–Crippen MR) is 57.5 cm³/mol. The Morgan fingerprint density at radius 2 is 2.29 bits per heavy atom. The monoisotopic (exact) mass is 188 g/mol. The van der Waals surface area contributed by atoms with Crippen LogP contribution in [0, 0.1) is 13.0 Å². The summed E-state index contributed by atoms with van der Waals surface area (Å²) in [6, 6.07) is 8.87. The second kappa shape index (κ2) is 3.37. The van der Waals surface area contributed by atoms with Crippen LogP contribution in [-0.2, 0) is 6.54 Å². The molecule has 2 aromatic rings. The van der Waals surface area contributed by atoms with E-state index in [0.717, 1.165) is 29.6 Å². The van der Waals surface area contributed by atoms with E-state index in [1.54, 1.807) is 0 Å². The third kappa shape index (κ3) is 1.18. The molecule has 73 valence electrons. The van der Waals surface area contributed by atoms with E-state index in [1.807, 2.05) is 25.1 Å². The number of fused-ring (bicyclic) bond motifs is 1. The van der Waals surface area contributed by atoms with Gasteiger partial charge in [0.05, 0.1) is 11.2 Å². The van der Waals surface area contributed by atoms with Crippen molar-refractivity contribution in [1.82, 2.24) is 4.57 Å². The quantitative estimate of drug-likeness (QED) is 0.770. The van der Waals surface area contributed by atoms with Gasteiger partial charge in [-0.25, -0.2) is 0 Å². The number of nitrogens with zero attached hydrogens (tertiary/aromatic N) is 1. The van der Waals surface area contributed by atoms with Crippen LogP contribution in [0.4, 0.5) is 0 Å². The molecule has 1 aromatic carbocycles. The first kappa shape index (κ1) is 9.13. The van der Waals surface area contributed by atoms with Crippen LogP contribution in [0.2, 0.25) is 0 Å². The Balaban J connectivity index is 2.74. The minimum Gasteiger partial charge on any atom is -0.505 e. The molecule has 14 heavy (non-hydrogen) atoms. The molecule has 0 saturated carbocycles. The summed E-state index contributed by atoms with van der Waals surface area (Å²) >= 11 is 0. The van der Waals surface area contributed by atoms with Crippen LogP contribution in [0.15, 0.2) is 18.2 Å². The highest BCUT2D eigenvalue weighted by Crippen LogP contribution is 2.30. The first-order valence-corrected chi connectivity index (χ1v) is 4.94. The minimum atomic E-state index is 0.369. The molecular formula is C12H14NO. The third-order valence-corrected chi connectivity index (χ3v) is 2.56. The number of aromatic nitrogens is 1. The second-order valence-corrected chi connectivity index (χ2v) is 3.52. The summed E-state index contributed by atoms with van der Waals surface area (Å²) in [4.78, 5) is 0. The zero-order valence-corrected chi connectivity index (χ0v) is 8.54. The van der Waals surface area contributed by atoms with Crippen LogP contribution in [0.25, 0.3) is 10.9 Å². The van der Waals surface area contributed by atoms with E-state index in [0.29, 0.717) is 5.75 Å². The van der Waals surface area contributed by atoms with Gasteiger partial charge in [-0.1, -0.05) is 19.1 Å². The predicted octanol–water partition coefficient (Wildman–Crippen LogP) is 2.87. The molecule has 0 aliphatic heterocycles. The van der Waals surface area contributed by atoms with Crippen molar-refractivity contribution < 1.29 is 5.11 Å². The van der Waals surface area contributed by atoms with Crippen LogP contribution in [0.5, 0.6) is 5.75 Å². The molecular weight excluding hydrogens is 174 g/mol. The molecule has 0 aliphatic carbocycles. The van der Waals surface area contributed by atoms with Crippen molar-refractivity contribution in [2.24, 2.45) is 0 Å². The van der Waals surface area contributed by atoms with Crippen LogP contribution in [-0.4, -0.2) is 9.67 Å². The summed E-state index contributed by atoms with van der Waals surface area (Å²) in [7, 11) is 0. The fourth-order valence-electron chi connectivity index (χ4n) is 1.84. The Morgan fingerprint density at radius 1 is 1.50 bits per heavy atom. The molecule has 1 radical (unpaired) electrons. The maximum atomic E-state index is 9.85. The summed E-state index contributed by atoms with van der Waals surface area (Å²) in [5, 5.41) is 10.7. The molecule has 0 atom stereocenters. The molecule has 0 spiro atoms. The van der Waals surface area contributed by atoms with Gasteiger partial charge in [0, 0.05) is 11.9 Å². The van der Waals surface area contributed by atoms with Gasteiger partial charge in [0.2, 0.25) is 0 Å². The summed E-state index contributed by atoms with van der Waals surface area (Å²) < 4.78 is 2.14. The van der Waals surface area contributed by atoms with Gasteiger partial charge >= 0.3 is 0 Å². The first-order valence-electron chi connectivity index (χ1n) is 4.94. The number of rotatable bonds is 2. The highest BCUT2D eigenvalue weighted by Gasteiger charge is 2.11. The Kier molecular flexibility index (Phi) is 2.20. The molecule has 0 aliphatic rings. The van der Waals surface area contributed by atoms with Crippen molar-refractivity contribution in [1.29, 1.82) is 0 Å². The van der Waals surface area contributed by atoms with Gasteiger partial charge in [0.1, 0.15) is 5.75 Å². The average Bonchev–Trinajstić information content (AvgIpc) is 2.45. The number of aromatic hydroxyl groups is 1. The van der Waals surface area contributed by atoms with Crippen molar-refractivity contribution in [3.05, 3.63) is 30.0 Å². The van der Waals surface area contributed by atoms with E-state index >= 15 is 0 Å². The fraction of sp³-hybridized carbons (Fsp3) is 0.333. The van der Waals surface area contributed by atoms with Crippen LogP contribution in [0.3, 0.4) is 0 Å². The molecule has 0 fully saturated rings. The normalized spacial score (nSPS) is 11.0. The maximum absolute atomic E-state index is 9.85. The van der Waals surface area contributed by atoms with Gasteiger partial charge < -0.3 is 9.67 Å². The minimum absolute atomic E-state index is 0.369. The summed E-state index contributed by atoms with van der Waals surface area (Å²) in [5.41, 5.74) is 2.01. The standard InChI is InChI=1S/C12H14NO/c1-3-8-13-9(2)12(14)10-6-4-5-7-11(10)13/h4-5,7,14H,3,8H2,1-2H3. The zero-order chi connectivity index (χ0) is 10.1. The van der Waals surface area contributed by atoms with Gasteiger partial charge in [-0.2, -0.15) is 0 Å². The lowest BCUT2D eigenvalue weighted by Crippen LogP contribution is -1.97. The first-order chi connectivity index (χ1) is 6.75. The number of benzene rings is 1. The molecule has 2 rings (SSSR count). The lowest BCUT2D eigenvalue weighted by molar-refractivity contribution is 0.471. The maximum Gasteiger partial charge on any atom is 0.144 e. The van der Waals surface area contributed by atoms with Crippen LogP contribution in [0.1, 0.15) is 19.0 Å². The molecule has 0 amide bonds. The van der Waals surface area contributed by atoms with Gasteiger partial charge in [0.15, 0.2) is 0 Å². The summed E-state index contributed by atoms with van der Waals surface area (Å²) in [6.45, 7) is 5.02. The summed E-state index contributed by atoms with van der Waals surface area (Å²) in [6.07, 6.45) is 1.07. The number of hydrogen-bond acceptors (Lipinski definition) is 1. The SMILES string of the molecule is CCCn1c(C)c(O)c2[c]cccc21. The number of aryl methyl sites for hydroxylation is 1. The van der Waals surface area contributed by atoms with Crippen molar-refractivity contribution in [2.75, 3.05) is 0 Å². The van der Waals surface area contributed by atoms with Gasteiger partial charge in [0.25, 0.3) is 0 Å². The smallest absolute Gasteiger partial charge is 0.144 e. The number of hydrogen-bond donors (Lipinski definition) is 1. The van der Waals surface area contributed by atoms with Crippen molar-refractivity contribution in [3.63, 3.8) is 0 Å². The third-order valence-electron chi connectivity index (χ3n) is 2.56. The van der Waals surface area contributed by atoms with Crippen molar-refractivity contribution in [3.8, 4) is 5.75 Å². The van der Waals surface area contributed by atoms with E-state index in [4.69, 9.17) is 0 Å². The van der Waals surface area contributed by atoms with E-state index in [-0.39, 0.29) is 0 Å². The van der Waals surface area contributed by atoms with E-state index < -0.39 is 0 Å². The molecule has 1 heterocycles. The topological polar surface area (TPSA) is 25.2 Å². The second-order valence-electron chi connectivity index (χ2n) is 3.52. The Bertz CT molecular complexity index is 457. The van der Waals surface area contributed by atoms with Crippen molar-refractivity contribution in [2.45, 2.75) is 26.8 Å². The lowest BCUT2D eigenvalue weighted by atomic mass is 10.2. The molecule has 0 unspecified atom stereocenters. The molecule has 0 bridgehead atoms. The highest BCUT2D eigenvalue weighted by atomic mass is 16.3. The van der Waals surface area contributed by atoms with Gasteiger partial charge in [-0.05, 0) is 25.5 Å². The van der Waals surface area contributed by atoms with Gasteiger partial charge in [-0.15, -0.1) is 0 Å². The molecule has 0 saturated heterocycles. The fourth-order valence-corrected chi connectivity index (χ4v) is 1.84. The Labute approximate surface area is 83.8 Å². The average molecular weight is 188 g/mol. The van der Waals surface area contributed by atoms with Crippen molar-refractivity contribution >= 4 is 10.9 Å². The zero-order valence-electron chi connectivity index (χ0n) is 8.54. The highest BCUT2D eigenvalue weighted by molar-refractivity contribution is 5.87. The molecule has 2 nitrogen and oxygen atoms in total. The lowest BCUT2D eigenvalue weighted by Gasteiger charge is -2.04. The van der Waals surface area contributed by atoms with Crippen LogP contribution >= 0.6 is 0 Å². The largest absolute Gasteiger partial charge is 0.505 e.